The molecule has 3 aromatic carbocycles. The molecule has 178 valence electrons. The molecule has 0 aromatic heterocycles. The van der Waals surface area contributed by atoms with Crippen molar-refractivity contribution in [2.45, 2.75) is 33.3 Å². The smallest absolute Gasteiger partial charge is 0.335 e. The van der Waals surface area contributed by atoms with Crippen LogP contribution >= 0.6 is 0 Å². The lowest BCUT2D eigenvalue weighted by Gasteiger charge is -2.15. The molecule has 0 amide bonds. The van der Waals surface area contributed by atoms with Crippen molar-refractivity contribution in [3.63, 3.8) is 0 Å². The van der Waals surface area contributed by atoms with Gasteiger partial charge >= 0.3 is 5.97 Å². The molecule has 3 rings (SSSR count). The van der Waals surface area contributed by atoms with Gasteiger partial charge in [-0.15, -0.1) is 0 Å². The fourth-order valence-corrected chi connectivity index (χ4v) is 3.53. The van der Waals surface area contributed by atoms with Gasteiger partial charge in [0.15, 0.2) is 6.10 Å². The van der Waals surface area contributed by atoms with E-state index in [4.69, 9.17) is 14.2 Å². The SMILES string of the molecule is CCOC(=O)C(Cc1ccc(OC/C=C(\C)c2ccc(-c3ccc(F)cc3)cc2)cc1)OCC. The van der Waals surface area contributed by atoms with Crippen molar-refractivity contribution >= 4 is 11.5 Å². The minimum absolute atomic E-state index is 0.236. The number of carbonyl (C=O) groups is 1. The number of rotatable bonds is 11. The maximum Gasteiger partial charge on any atom is 0.335 e. The highest BCUT2D eigenvalue weighted by Crippen LogP contribution is 2.23. The van der Waals surface area contributed by atoms with Crippen molar-refractivity contribution in [1.82, 2.24) is 0 Å². The molecule has 0 aliphatic heterocycles. The van der Waals surface area contributed by atoms with Crippen molar-refractivity contribution in [2.75, 3.05) is 19.8 Å². The zero-order valence-electron chi connectivity index (χ0n) is 19.9. The van der Waals surface area contributed by atoms with Crippen LogP contribution in [0.1, 0.15) is 31.9 Å². The predicted molar refractivity (Wildman–Crippen MR) is 133 cm³/mol. The second-order valence-corrected chi connectivity index (χ2v) is 7.83. The molecule has 0 bridgehead atoms. The summed E-state index contributed by atoms with van der Waals surface area (Å²) in [6.07, 6.45) is 1.89. The van der Waals surface area contributed by atoms with E-state index >= 15 is 0 Å². The lowest BCUT2D eigenvalue weighted by Crippen LogP contribution is -2.28. The minimum Gasteiger partial charge on any atom is -0.490 e. The molecule has 0 saturated heterocycles. The second-order valence-electron chi connectivity index (χ2n) is 7.83. The third-order valence-electron chi connectivity index (χ3n) is 5.42. The minimum atomic E-state index is -0.600. The Morgan fingerprint density at radius 1 is 0.882 bits per heavy atom. The van der Waals surface area contributed by atoms with Crippen molar-refractivity contribution in [2.24, 2.45) is 0 Å². The average Bonchev–Trinajstić information content (AvgIpc) is 2.85. The zero-order valence-corrected chi connectivity index (χ0v) is 19.9. The molecule has 1 atom stereocenters. The summed E-state index contributed by atoms with van der Waals surface area (Å²) in [6, 6.07) is 22.3. The van der Waals surface area contributed by atoms with E-state index in [-0.39, 0.29) is 11.8 Å². The molecule has 0 spiro atoms. The van der Waals surface area contributed by atoms with Crippen LogP contribution in [0.4, 0.5) is 4.39 Å². The van der Waals surface area contributed by atoms with Crippen molar-refractivity contribution in [3.8, 4) is 16.9 Å². The molecule has 0 saturated carbocycles. The number of ether oxygens (including phenoxy) is 3. The van der Waals surface area contributed by atoms with Gasteiger partial charge in [-0.1, -0.05) is 48.5 Å². The van der Waals surface area contributed by atoms with Gasteiger partial charge in [-0.05, 0) is 78.9 Å². The molecule has 0 aliphatic rings. The molecular formula is C29H31FO4. The number of hydrogen-bond donors (Lipinski definition) is 0. The lowest BCUT2D eigenvalue weighted by atomic mass is 10.0. The fraction of sp³-hybridized carbons (Fsp3) is 0.276. The summed E-state index contributed by atoms with van der Waals surface area (Å²) < 4.78 is 29.6. The van der Waals surface area contributed by atoms with Gasteiger partial charge in [0.2, 0.25) is 0 Å². The number of benzene rings is 3. The van der Waals surface area contributed by atoms with Crippen LogP contribution in [0.3, 0.4) is 0 Å². The topological polar surface area (TPSA) is 44.8 Å². The number of allylic oxidation sites excluding steroid dienone is 1. The van der Waals surface area contributed by atoms with Crippen molar-refractivity contribution in [1.29, 1.82) is 0 Å². The van der Waals surface area contributed by atoms with Gasteiger partial charge in [-0.25, -0.2) is 9.18 Å². The lowest BCUT2D eigenvalue weighted by molar-refractivity contribution is -0.156. The maximum atomic E-state index is 13.1. The highest BCUT2D eigenvalue weighted by Gasteiger charge is 2.20. The normalized spacial score (nSPS) is 12.3. The Balaban J connectivity index is 1.54. The second kappa shape index (κ2) is 12.7. The Kier molecular flexibility index (Phi) is 9.41. The molecule has 3 aromatic rings. The Bertz CT molecular complexity index is 1070. The first-order chi connectivity index (χ1) is 16.5. The van der Waals surface area contributed by atoms with Crippen molar-refractivity contribution < 1.29 is 23.4 Å². The van der Waals surface area contributed by atoms with E-state index in [1.54, 1.807) is 19.1 Å². The molecule has 0 heterocycles. The summed E-state index contributed by atoms with van der Waals surface area (Å²) in [5.74, 6) is 0.180. The third kappa shape index (κ3) is 7.29. The Morgan fingerprint density at radius 2 is 1.50 bits per heavy atom. The van der Waals surface area contributed by atoms with E-state index in [1.165, 1.54) is 12.1 Å². The number of esters is 1. The molecule has 0 N–H and O–H groups in total. The summed E-state index contributed by atoms with van der Waals surface area (Å²) in [6.45, 7) is 6.91. The van der Waals surface area contributed by atoms with Gasteiger partial charge in [-0.2, -0.15) is 0 Å². The fourth-order valence-electron chi connectivity index (χ4n) is 3.53. The van der Waals surface area contributed by atoms with Gasteiger partial charge in [0.25, 0.3) is 0 Å². The summed E-state index contributed by atoms with van der Waals surface area (Å²) >= 11 is 0. The van der Waals surface area contributed by atoms with Crippen LogP contribution in [-0.2, 0) is 20.7 Å². The van der Waals surface area contributed by atoms with Crippen LogP contribution in [0, 0.1) is 5.82 Å². The Morgan fingerprint density at radius 3 is 2.09 bits per heavy atom. The highest BCUT2D eigenvalue weighted by molar-refractivity contribution is 5.75. The van der Waals surface area contributed by atoms with Gasteiger partial charge in [0.05, 0.1) is 6.61 Å². The van der Waals surface area contributed by atoms with E-state index in [1.807, 2.05) is 56.3 Å². The Hall–Kier alpha value is -3.44. The van der Waals surface area contributed by atoms with Gasteiger partial charge in [0.1, 0.15) is 18.2 Å². The van der Waals surface area contributed by atoms with Crippen LogP contribution in [-0.4, -0.2) is 31.9 Å². The first-order valence-electron chi connectivity index (χ1n) is 11.5. The first kappa shape index (κ1) is 25.2. The predicted octanol–water partition coefficient (Wildman–Crippen LogP) is 6.49. The van der Waals surface area contributed by atoms with Crippen LogP contribution in [0.2, 0.25) is 0 Å². The first-order valence-corrected chi connectivity index (χ1v) is 11.5. The van der Waals surface area contributed by atoms with Gasteiger partial charge < -0.3 is 14.2 Å². The molecule has 0 radical (unpaired) electrons. The summed E-state index contributed by atoms with van der Waals surface area (Å²) in [7, 11) is 0. The highest BCUT2D eigenvalue weighted by atomic mass is 19.1. The quantitative estimate of drug-likeness (QED) is 0.306. The monoisotopic (exact) mass is 462 g/mol. The summed E-state index contributed by atoms with van der Waals surface area (Å²) in [4.78, 5) is 12.0. The Labute approximate surface area is 201 Å². The number of hydrogen-bond acceptors (Lipinski definition) is 4. The van der Waals surface area contributed by atoms with E-state index in [2.05, 4.69) is 12.1 Å². The maximum absolute atomic E-state index is 13.1. The summed E-state index contributed by atoms with van der Waals surface area (Å²) in [5, 5.41) is 0. The number of halogens is 1. The molecule has 1 unspecified atom stereocenters. The van der Waals surface area contributed by atoms with Gasteiger partial charge in [0, 0.05) is 13.0 Å². The van der Waals surface area contributed by atoms with Crippen LogP contribution in [0.25, 0.3) is 16.7 Å². The van der Waals surface area contributed by atoms with Crippen LogP contribution in [0.15, 0.2) is 78.9 Å². The number of carbonyl (C=O) groups excluding carboxylic acids is 1. The summed E-state index contributed by atoms with van der Waals surface area (Å²) in [5.41, 5.74) is 5.22. The molecule has 0 aliphatic carbocycles. The van der Waals surface area contributed by atoms with E-state index in [0.717, 1.165) is 33.6 Å². The molecule has 4 nitrogen and oxygen atoms in total. The largest absolute Gasteiger partial charge is 0.490 e. The average molecular weight is 463 g/mol. The molecule has 34 heavy (non-hydrogen) atoms. The van der Waals surface area contributed by atoms with E-state index in [0.29, 0.717) is 26.2 Å². The molecule has 0 fully saturated rings. The van der Waals surface area contributed by atoms with Gasteiger partial charge in [-0.3, -0.25) is 0 Å². The molecular weight excluding hydrogens is 431 g/mol. The molecule has 5 heteroatoms. The van der Waals surface area contributed by atoms with Crippen molar-refractivity contribution in [3.05, 3.63) is 95.8 Å². The van der Waals surface area contributed by atoms with E-state index < -0.39 is 6.10 Å². The zero-order chi connectivity index (χ0) is 24.3. The van der Waals surface area contributed by atoms with E-state index in [9.17, 15) is 9.18 Å². The standard InChI is InChI=1S/C29H31FO4/c1-4-32-28(29(31)33-5-2)20-22-6-16-27(17-7-22)34-19-18-21(3)23-8-10-24(11-9-23)25-12-14-26(30)15-13-25/h6-18,28H,4-5,19-20H2,1-3H3/b21-18+. The third-order valence-corrected chi connectivity index (χ3v) is 5.42. The van der Waals surface area contributed by atoms with Crippen LogP contribution < -0.4 is 4.74 Å². The van der Waals surface area contributed by atoms with Crippen LogP contribution in [0.5, 0.6) is 5.75 Å².